The van der Waals surface area contributed by atoms with E-state index in [9.17, 15) is 14.7 Å². The molecule has 3 N–H and O–H groups in total. The van der Waals surface area contributed by atoms with Gasteiger partial charge in [-0.05, 0) is 74.8 Å². The van der Waals surface area contributed by atoms with Crippen molar-refractivity contribution in [3.05, 3.63) is 64.2 Å². The molecule has 2 heterocycles. The zero-order valence-electron chi connectivity index (χ0n) is 23.5. The zero-order chi connectivity index (χ0) is 28.4. The average molecular weight is 564 g/mol. The third-order valence-electron chi connectivity index (χ3n) is 8.73. The number of hydrogen-bond donors (Lipinski definition) is 3. The van der Waals surface area contributed by atoms with E-state index in [2.05, 4.69) is 15.5 Å². The molecule has 1 saturated carbocycles. The Bertz CT molecular complexity index is 1410. The van der Waals surface area contributed by atoms with Crippen molar-refractivity contribution in [2.24, 2.45) is 18.9 Å². The topological polar surface area (TPSA) is 99.5 Å². The van der Waals surface area contributed by atoms with Crippen LogP contribution < -0.4 is 10.6 Å². The number of rotatable bonds is 8. The molecule has 40 heavy (non-hydrogen) atoms. The number of fused-ring (bicyclic) bond motifs is 1. The van der Waals surface area contributed by atoms with Gasteiger partial charge in [-0.1, -0.05) is 35.9 Å². The molecule has 1 fully saturated rings. The largest absolute Gasteiger partial charge is 0.481 e. The van der Waals surface area contributed by atoms with E-state index in [0.717, 1.165) is 91.9 Å². The lowest BCUT2D eigenvalue weighted by Gasteiger charge is -2.30. The van der Waals surface area contributed by atoms with Crippen LogP contribution in [0, 0.1) is 18.8 Å². The molecule has 0 unspecified atom stereocenters. The number of aliphatic carboxylic acids is 1. The fourth-order valence-corrected chi connectivity index (χ4v) is 6.53. The number of benzene rings is 2. The fourth-order valence-electron chi connectivity index (χ4n) is 6.25. The lowest BCUT2D eigenvalue weighted by molar-refractivity contribution is -0.143. The molecule has 2 aliphatic rings. The molecule has 8 nitrogen and oxygen atoms in total. The number of carboxylic acid groups (broad SMARTS) is 1. The molecule has 2 aromatic carbocycles. The van der Waals surface area contributed by atoms with Gasteiger partial charge < -0.3 is 20.3 Å². The highest BCUT2D eigenvalue weighted by molar-refractivity contribution is 6.36. The normalized spacial score (nSPS) is 19.2. The van der Waals surface area contributed by atoms with Crippen molar-refractivity contribution in [3.8, 4) is 11.1 Å². The van der Waals surface area contributed by atoms with Crippen molar-refractivity contribution in [1.82, 2.24) is 14.5 Å². The highest BCUT2D eigenvalue weighted by atomic mass is 35.5. The summed E-state index contributed by atoms with van der Waals surface area (Å²) in [7, 11) is 3.80. The Morgan fingerprint density at radius 3 is 2.48 bits per heavy atom. The van der Waals surface area contributed by atoms with Crippen LogP contribution in [0.2, 0.25) is 5.02 Å². The van der Waals surface area contributed by atoms with E-state index >= 15 is 0 Å². The molecule has 0 saturated heterocycles. The Labute approximate surface area is 240 Å². The molecule has 0 spiro atoms. The number of carbonyl (C=O) groups is 2. The Hall–Kier alpha value is -3.36. The first-order valence-electron chi connectivity index (χ1n) is 14.1. The van der Waals surface area contributed by atoms with E-state index in [4.69, 9.17) is 16.6 Å². The van der Waals surface area contributed by atoms with Crippen LogP contribution in [0.25, 0.3) is 11.1 Å². The molecule has 1 aliphatic carbocycles. The maximum atomic E-state index is 13.4. The average Bonchev–Trinajstić information content (AvgIpc) is 3.29. The Morgan fingerprint density at radius 2 is 1.77 bits per heavy atom. The number of nitrogens with zero attached hydrogens (tertiary/aromatic N) is 3. The molecule has 1 aromatic heterocycles. The second-order valence-electron chi connectivity index (χ2n) is 11.1. The Balaban J connectivity index is 1.25. The van der Waals surface area contributed by atoms with Crippen LogP contribution in [0.1, 0.15) is 59.7 Å². The van der Waals surface area contributed by atoms with Crippen molar-refractivity contribution < 1.29 is 14.7 Å². The molecule has 1 amide bonds. The third-order valence-corrected chi connectivity index (χ3v) is 9.13. The number of nitrogens with one attached hydrogen (secondary N) is 2. The Kier molecular flexibility index (Phi) is 8.47. The van der Waals surface area contributed by atoms with Crippen LogP contribution in [-0.4, -0.2) is 51.6 Å². The van der Waals surface area contributed by atoms with E-state index in [0.29, 0.717) is 22.5 Å². The summed E-state index contributed by atoms with van der Waals surface area (Å²) >= 11 is 6.83. The number of aromatic nitrogens is 2. The monoisotopic (exact) mass is 563 g/mol. The van der Waals surface area contributed by atoms with Crippen molar-refractivity contribution in [1.29, 1.82) is 0 Å². The number of halogens is 1. The molecule has 5 rings (SSSR count). The summed E-state index contributed by atoms with van der Waals surface area (Å²) in [6.45, 7) is 4.67. The summed E-state index contributed by atoms with van der Waals surface area (Å²) in [5.74, 6) is -0.126. The van der Waals surface area contributed by atoms with E-state index in [1.54, 1.807) is 0 Å². The minimum atomic E-state index is -0.651. The minimum absolute atomic E-state index is 0.169. The second-order valence-corrected chi connectivity index (χ2v) is 11.5. The molecule has 1 aliphatic heterocycles. The number of carboxylic acids is 1. The molecular formula is C31H38ClN5O3. The van der Waals surface area contributed by atoms with Crippen molar-refractivity contribution in [2.75, 3.05) is 30.8 Å². The van der Waals surface area contributed by atoms with Gasteiger partial charge in [-0.2, -0.15) is 0 Å². The van der Waals surface area contributed by atoms with Crippen LogP contribution in [0.4, 0.5) is 11.4 Å². The number of imidazole rings is 1. The molecular weight excluding hydrogens is 526 g/mol. The summed E-state index contributed by atoms with van der Waals surface area (Å²) in [6.07, 6.45) is 5.49. The minimum Gasteiger partial charge on any atom is -0.481 e. The van der Waals surface area contributed by atoms with E-state index < -0.39 is 5.97 Å². The van der Waals surface area contributed by atoms with Gasteiger partial charge in [0.1, 0.15) is 0 Å². The van der Waals surface area contributed by atoms with Gasteiger partial charge >= 0.3 is 5.97 Å². The predicted molar refractivity (Wildman–Crippen MR) is 159 cm³/mol. The van der Waals surface area contributed by atoms with Crippen LogP contribution in [0.3, 0.4) is 0 Å². The van der Waals surface area contributed by atoms with Crippen molar-refractivity contribution in [3.63, 3.8) is 0 Å². The lowest BCUT2D eigenvalue weighted by atomic mass is 9.80. The quantitative estimate of drug-likeness (QED) is 0.312. The summed E-state index contributed by atoms with van der Waals surface area (Å²) in [4.78, 5) is 31.8. The van der Waals surface area contributed by atoms with Gasteiger partial charge in [0, 0.05) is 50.6 Å². The highest BCUT2D eigenvalue weighted by Crippen LogP contribution is 2.37. The first-order valence-corrected chi connectivity index (χ1v) is 14.5. The summed E-state index contributed by atoms with van der Waals surface area (Å²) in [5, 5.41) is 15.9. The van der Waals surface area contributed by atoms with Gasteiger partial charge in [-0.25, -0.2) is 4.98 Å². The first-order chi connectivity index (χ1) is 19.3. The SMILES string of the molecule is CNc1cccc(-c2cccc(NC(=O)c3nc4c(n3C)CCN(CC[C@H]3CC[C@H](C(=O)O)CC3)C4)c2Cl)c1C. The van der Waals surface area contributed by atoms with Crippen LogP contribution >= 0.6 is 11.6 Å². The van der Waals surface area contributed by atoms with Gasteiger partial charge in [-0.3, -0.25) is 14.5 Å². The lowest BCUT2D eigenvalue weighted by Crippen LogP contribution is -2.33. The predicted octanol–water partition coefficient (Wildman–Crippen LogP) is 5.98. The smallest absolute Gasteiger partial charge is 0.306 e. The summed E-state index contributed by atoms with van der Waals surface area (Å²) in [6, 6.07) is 11.7. The first kappa shape index (κ1) is 28.2. The highest BCUT2D eigenvalue weighted by Gasteiger charge is 2.28. The number of carbonyl (C=O) groups excluding carboxylic acids is 1. The zero-order valence-corrected chi connectivity index (χ0v) is 24.2. The van der Waals surface area contributed by atoms with E-state index in [1.165, 1.54) is 0 Å². The molecule has 0 radical (unpaired) electrons. The summed E-state index contributed by atoms with van der Waals surface area (Å²) < 4.78 is 1.91. The van der Waals surface area contributed by atoms with Crippen molar-refractivity contribution >= 4 is 34.9 Å². The van der Waals surface area contributed by atoms with Crippen LogP contribution in [0.5, 0.6) is 0 Å². The van der Waals surface area contributed by atoms with Gasteiger partial charge in [0.2, 0.25) is 0 Å². The molecule has 3 aromatic rings. The Morgan fingerprint density at radius 1 is 1.07 bits per heavy atom. The van der Waals surface area contributed by atoms with Gasteiger partial charge in [0.15, 0.2) is 5.82 Å². The maximum absolute atomic E-state index is 13.4. The standard InChI is InChI=1S/C31H38ClN5O3/c1-19-22(6-4-8-24(19)33-2)23-7-5-9-25(28(23)32)35-30(38)29-34-26-18-37(17-15-27(26)36(29)3)16-14-20-10-12-21(13-11-20)31(39)40/h4-9,20-21,33H,10-18H2,1-3H3,(H,35,38)(H,39,40)/t20-,21-. The molecule has 0 bridgehead atoms. The summed E-state index contributed by atoms with van der Waals surface area (Å²) in [5.41, 5.74) is 6.59. The number of anilines is 2. The van der Waals surface area contributed by atoms with E-state index in [1.807, 2.05) is 62.0 Å². The number of amides is 1. The van der Waals surface area contributed by atoms with Gasteiger partial charge in [-0.15, -0.1) is 0 Å². The molecule has 0 atom stereocenters. The van der Waals surface area contributed by atoms with Crippen LogP contribution in [-0.2, 0) is 24.8 Å². The molecule has 212 valence electrons. The molecule has 9 heteroatoms. The van der Waals surface area contributed by atoms with E-state index in [-0.39, 0.29) is 11.8 Å². The van der Waals surface area contributed by atoms with Crippen molar-refractivity contribution in [2.45, 2.75) is 52.0 Å². The second kappa shape index (κ2) is 12.0. The van der Waals surface area contributed by atoms with Crippen LogP contribution in [0.15, 0.2) is 36.4 Å². The number of hydrogen-bond acceptors (Lipinski definition) is 5. The van der Waals surface area contributed by atoms with Gasteiger partial charge in [0.05, 0.1) is 22.3 Å². The van der Waals surface area contributed by atoms with Gasteiger partial charge in [0.25, 0.3) is 5.91 Å². The maximum Gasteiger partial charge on any atom is 0.306 e. The third kappa shape index (κ3) is 5.74. The fraction of sp³-hybridized carbons (Fsp3) is 0.452.